The summed E-state index contributed by atoms with van der Waals surface area (Å²) in [6.45, 7) is 4.14. The van der Waals surface area contributed by atoms with E-state index in [1.54, 1.807) is 20.9 Å². The molecule has 2 aromatic carbocycles. The summed E-state index contributed by atoms with van der Waals surface area (Å²) in [4.78, 5) is 26.4. The molecule has 28 heavy (non-hydrogen) atoms. The Labute approximate surface area is 164 Å². The van der Waals surface area contributed by atoms with Crippen molar-refractivity contribution < 1.29 is 19.1 Å². The van der Waals surface area contributed by atoms with Crippen LogP contribution >= 0.6 is 0 Å². The Morgan fingerprint density at radius 1 is 1.11 bits per heavy atom. The lowest BCUT2D eigenvalue weighted by molar-refractivity contribution is -0.139. The molecule has 1 atom stereocenters. The zero-order valence-corrected chi connectivity index (χ0v) is 16.3. The molecule has 2 amide bonds. The summed E-state index contributed by atoms with van der Waals surface area (Å²) >= 11 is 0. The number of urea groups is 1. The highest BCUT2D eigenvalue weighted by Gasteiger charge is 2.36. The number of nitrogens with zero attached hydrogens (tertiary/aromatic N) is 1. The molecular formula is C22H24N2O4. The summed E-state index contributed by atoms with van der Waals surface area (Å²) in [5.41, 5.74) is 2.70. The van der Waals surface area contributed by atoms with Crippen LogP contribution in [0.4, 0.5) is 4.79 Å². The summed E-state index contributed by atoms with van der Waals surface area (Å²) in [6, 6.07) is 16.3. The minimum Gasteiger partial charge on any atom is -0.489 e. The molecule has 0 fully saturated rings. The van der Waals surface area contributed by atoms with Crippen molar-refractivity contribution in [1.82, 2.24) is 10.2 Å². The molecule has 1 aliphatic heterocycles. The second kappa shape index (κ2) is 8.61. The number of ether oxygens (including phenoxy) is 2. The number of esters is 1. The molecule has 0 bridgehead atoms. The van der Waals surface area contributed by atoms with Gasteiger partial charge in [-0.1, -0.05) is 48.5 Å². The van der Waals surface area contributed by atoms with Crippen molar-refractivity contribution >= 4 is 12.0 Å². The predicted molar refractivity (Wildman–Crippen MR) is 106 cm³/mol. The fourth-order valence-electron chi connectivity index (χ4n) is 3.13. The van der Waals surface area contributed by atoms with Crippen LogP contribution in [-0.4, -0.2) is 30.6 Å². The van der Waals surface area contributed by atoms with Crippen molar-refractivity contribution in [2.45, 2.75) is 26.5 Å². The van der Waals surface area contributed by atoms with E-state index in [1.807, 2.05) is 54.6 Å². The Bertz CT molecular complexity index is 892. The Morgan fingerprint density at radius 3 is 2.50 bits per heavy atom. The Balaban J connectivity index is 1.96. The Kier molecular flexibility index (Phi) is 5.99. The lowest BCUT2D eigenvalue weighted by Crippen LogP contribution is -2.46. The van der Waals surface area contributed by atoms with Crippen molar-refractivity contribution in [1.29, 1.82) is 0 Å². The van der Waals surface area contributed by atoms with E-state index in [2.05, 4.69) is 5.32 Å². The third-order valence-corrected chi connectivity index (χ3v) is 4.72. The van der Waals surface area contributed by atoms with Gasteiger partial charge in [0.1, 0.15) is 12.4 Å². The van der Waals surface area contributed by atoms with Crippen molar-refractivity contribution in [2.24, 2.45) is 0 Å². The quantitative estimate of drug-likeness (QED) is 0.774. The molecule has 146 valence electrons. The first kappa shape index (κ1) is 19.5. The van der Waals surface area contributed by atoms with Crippen LogP contribution in [0.15, 0.2) is 65.9 Å². The van der Waals surface area contributed by atoms with E-state index < -0.39 is 12.0 Å². The van der Waals surface area contributed by atoms with E-state index in [9.17, 15) is 9.59 Å². The monoisotopic (exact) mass is 380 g/mol. The third kappa shape index (κ3) is 4.01. The van der Waals surface area contributed by atoms with Crippen molar-refractivity contribution in [3.63, 3.8) is 0 Å². The Hall–Kier alpha value is -3.28. The molecule has 2 aromatic rings. The number of hydrogen-bond acceptors (Lipinski definition) is 4. The lowest BCUT2D eigenvalue weighted by Gasteiger charge is -2.33. The summed E-state index contributed by atoms with van der Waals surface area (Å²) in [5.74, 6) is 0.158. The minimum absolute atomic E-state index is 0.256. The minimum atomic E-state index is -0.644. The molecule has 0 unspecified atom stereocenters. The van der Waals surface area contributed by atoms with Gasteiger partial charge in [0, 0.05) is 18.3 Å². The number of carbonyl (C=O) groups excluding carboxylic acids is 2. The van der Waals surface area contributed by atoms with Gasteiger partial charge in [-0.25, -0.2) is 9.59 Å². The van der Waals surface area contributed by atoms with Crippen LogP contribution in [0.5, 0.6) is 5.75 Å². The molecule has 1 N–H and O–H groups in total. The number of carbonyl (C=O) groups is 2. The van der Waals surface area contributed by atoms with Crippen molar-refractivity contribution in [3.05, 3.63) is 77.0 Å². The number of allylic oxidation sites excluding steroid dienone is 1. The van der Waals surface area contributed by atoms with Gasteiger partial charge in [0.05, 0.1) is 18.2 Å². The topological polar surface area (TPSA) is 67.9 Å². The Morgan fingerprint density at radius 2 is 1.79 bits per heavy atom. The fourth-order valence-corrected chi connectivity index (χ4v) is 3.13. The fraction of sp³-hybridized carbons (Fsp3) is 0.273. The van der Waals surface area contributed by atoms with Crippen LogP contribution in [0.1, 0.15) is 31.0 Å². The van der Waals surface area contributed by atoms with Crippen LogP contribution in [0, 0.1) is 0 Å². The molecule has 0 saturated carbocycles. The maximum atomic E-state index is 12.6. The van der Waals surface area contributed by atoms with E-state index >= 15 is 0 Å². The average Bonchev–Trinajstić information content (AvgIpc) is 2.71. The van der Waals surface area contributed by atoms with Crippen molar-refractivity contribution in [3.8, 4) is 5.75 Å². The first-order valence-corrected chi connectivity index (χ1v) is 9.20. The van der Waals surface area contributed by atoms with Gasteiger partial charge in [0.2, 0.25) is 0 Å². The molecule has 6 heteroatoms. The molecule has 0 aliphatic carbocycles. The molecular weight excluding hydrogens is 356 g/mol. The zero-order chi connectivity index (χ0) is 20.1. The highest BCUT2D eigenvalue weighted by molar-refractivity contribution is 5.95. The predicted octanol–water partition coefficient (Wildman–Crippen LogP) is 3.80. The maximum Gasteiger partial charge on any atom is 0.338 e. The molecule has 0 aromatic heterocycles. The molecule has 0 saturated heterocycles. The van der Waals surface area contributed by atoms with Gasteiger partial charge in [-0.2, -0.15) is 0 Å². The normalized spacial score (nSPS) is 16.6. The molecule has 1 heterocycles. The number of nitrogens with one attached hydrogen (secondary N) is 1. The number of benzene rings is 2. The van der Waals surface area contributed by atoms with Gasteiger partial charge >= 0.3 is 12.0 Å². The zero-order valence-electron chi connectivity index (χ0n) is 16.3. The van der Waals surface area contributed by atoms with Gasteiger partial charge in [0.15, 0.2) is 0 Å². The molecule has 0 radical (unpaired) electrons. The van der Waals surface area contributed by atoms with Gasteiger partial charge in [0.25, 0.3) is 0 Å². The van der Waals surface area contributed by atoms with Crippen LogP contribution in [0.25, 0.3) is 0 Å². The number of hydrogen-bond donors (Lipinski definition) is 1. The van der Waals surface area contributed by atoms with E-state index in [0.29, 0.717) is 29.2 Å². The van der Waals surface area contributed by atoms with Crippen LogP contribution < -0.4 is 10.1 Å². The molecule has 1 aliphatic rings. The van der Waals surface area contributed by atoms with E-state index in [4.69, 9.17) is 9.47 Å². The number of amides is 2. The van der Waals surface area contributed by atoms with E-state index in [1.165, 1.54) is 4.90 Å². The first-order valence-electron chi connectivity index (χ1n) is 9.20. The average molecular weight is 380 g/mol. The standard InChI is InChI=1S/C22H24N2O4/c1-4-27-21(25)19-15(2)24(3)22(26)23-20(19)17-12-8-9-13-18(17)28-14-16-10-6-5-7-11-16/h5-13,20H,4,14H2,1-3H3,(H,23,26)/t20-/m1/s1. The second-order valence-corrected chi connectivity index (χ2v) is 6.47. The summed E-state index contributed by atoms with van der Waals surface area (Å²) < 4.78 is 11.3. The largest absolute Gasteiger partial charge is 0.489 e. The van der Waals surface area contributed by atoms with E-state index in [0.717, 1.165) is 5.56 Å². The van der Waals surface area contributed by atoms with Crippen LogP contribution in [0.3, 0.4) is 0 Å². The first-order chi connectivity index (χ1) is 13.5. The summed E-state index contributed by atoms with van der Waals surface area (Å²) in [7, 11) is 1.62. The number of para-hydroxylation sites is 1. The summed E-state index contributed by atoms with van der Waals surface area (Å²) in [6.07, 6.45) is 0. The maximum absolute atomic E-state index is 12.6. The SMILES string of the molecule is CCOC(=O)C1=C(C)N(C)C(=O)N[C@@H]1c1ccccc1OCc1ccccc1. The highest BCUT2D eigenvalue weighted by Crippen LogP contribution is 2.35. The molecule has 0 spiro atoms. The molecule has 6 nitrogen and oxygen atoms in total. The lowest BCUT2D eigenvalue weighted by atomic mass is 9.94. The van der Waals surface area contributed by atoms with E-state index in [-0.39, 0.29) is 12.6 Å². The van der Waals surface area contributed by atoms with Gasteiger partial charge < -0.3 is 19.7 Å². The van der Waals surface area contributed by atoms with Gasteiger partial charge in [-0.3, -0.25) is 0 Å². The third-order valence-electron chi connectivity index (χ3n) is 4.72. The van der Waals surface area contributed by atoms with Gasteiger partial charge in [-0.05, 0) is 25.5 Å². The smallest absolute Gasteiger partial charge is 0.338 e. The van der Waals surface area contributed by atoms with Gasteiger partial charge in [-0.15, -0.1) is 0 Å². The summed E-state index contributed by atoms with van der Waals surface area (Å²) in [5, 5.41) is 2.89. The highest BCUT2D eigenvalue weighted by atomic mass is 16.5. The second-order valence-electron chi connectivity index (χ2n) is 6.47. The van der Waals surface area contributed by atoms with Crippen LogP contribution in [-0.2, 0) is 16.1 Å². The molecule has 3 rings (SSSR count). The van der Waals surface area contributed by atoms with Crippen LogP contribution in [0.2, 0.25) is 0 Å². The van der Waals surface area contributed by atoms with Crippen molar-refractivity contribution in [2.75, 3.05) is 13.7 Å². The number of rotatable bonds is 6.